The van der Waals surface area contributed by atoms with Crippen LogP contribution in [0.4, 0.5) is 20.2 Å². The number of rotatable bonds is 7. The molecule has 0 aliphatic heterocycles. The summed E-state index contributed by atoms with van der Waals surface area (Å²) < 4.78 is 51.2. The van der Waals surface area contributed by atoms with Gasteiger partial charge in [-0.1, -0.05) is 0 Å². The number of hydrogen-bond acceptors (Lipinski definition) is 6. The van der Waals surface area contributed by atoms with Crippen LogP contribution in [0.2, 0.25) is 0 Å². The van der Waals surface area contributed by atoms with E-state index in [4.69, 9.17) is 5.73 Å². The first-order valence-corrected chi connectivity index (χ1v) is 7.15. The van der Waals surface area contributed by atoms with Crippen LogP contribution in [0.15, 0.2) is 23.1 Å². The van der Waals surface area contributed by atoms with E-state index in [9.17, 15) is 27.3 Å². The van der Waals surface area contributed by atoms with Crippen molar-refractivity contribution in [1.29, 1.82) is 0 Å². The van der Waals surface area contributed by atoms with Crippen molar-refractivity contribution in [3.63, 3.8) is 0 Å². The third-order valence-corrected chi connectivity index (χ3v) is 3.99. The molecule has 0 bridgehead atoms. The third-order valence-electron chi connectivity index (χ3n) is 2.58. The van der Waals surface area contributed by atoms with Gasteiger partial charge in [0, 0.05) is 6.07 Å². The highest BCUT2D eigenvalue weighted by Gasteiger charge is 2.28. The van der Waals surface area contributed by atoms with E-state index >= 15 is 0 Å². The van der Waals surface area contributed by atoms with E-state index in [1.807, 2.05) is 4.72 Å². The van der Waals surface area contributed by atoms with Crippen molar-refractivity contribution in [2.24, 2.45) is 5.73 Å². The molecule has 0 saturated carbocycles. The van der Waals surface area contributed by atoms with Crippen LogP contribution in [0.3, 0.4) is 0 Å². The molecule has 0 radical (unpaired) electrons. The lowest BCUT2D eigenvalue weighted by Crippen LogP contribution is -2.35. The summed E-state index contributed by atoms with van der Waals surface area (Å²) in [4.78, 5) is 9.72. The summed E-state index contributed by atoms with van der Waals surface area (Å²) in [5, 5.41) is 13.1. The number of halogens is 2. The molecule has 0 unspecified atom stereocenters. The lowest BCUT2D eigenvalue weighted by molar-refractivity contribution is -0.384. The van der Waals surface area contributed by atoms with Crippen LogP contribution in [-0.4, -0.2) is 39.4 Å². The molecular weight excluding hydrogens is 310 g/mol. The average molecular weight is 324 g/mol. The second-order valence-electron chi connectivity index (χ2n) is 4.06. The number of nitrogens with two attached hydrogens (primary N) is 1. The second kappa shape index (κ2) is 6.28. The molecule has 0 saturated heterocycles. The number of nitrogens with zero attached hydrogens (tertiary/aromatic N) is 1. The Kier molecular flexibility index (Phi) is 5.15. The molecule has 0 aliphatic rings. The molecule has 4 N–H and O–H groups in total. The number of alkyl halides is 2. The molecule has 0 atom stereocenters. The van der Waals surface area contributed by atoms with Gasteiger partial charge in [-0.15, -0.1) is 0 Å². The number of sulfonamides is 1. The minimum absolute atomic E-state index is 0.219. The fraction of sp³-hybridized carbons (Fsp3) is 0.400. The number of anilines is 1. The number of nitrogens with one attached hydrogen (secondary N) is 2. The second-order valence-corrected chi connectivity index (χ2v) is 5.94. The molecule has 118 valence electrons. The molecule has 8 nitrogen and oxygen atoms in total. The van der Waals surface area contributed by atoms with Crippen LogP contribution in [0.5, 0.6) is 0 Å². The highest BCUT2D eigenvalue weighted by Crippen LogP contribution is 2.28. The fourth-order valence-corrected chi connectivity index (χ4v) is 2.14. The molecule has 21 heavy (non-hydrogen) atoms. The molecule has 0 heterocycles. The Morgan fingerprint density at radius 2 is 2.05 bits per heavy atom. The van der Waals surface area contributed by atoms with Gasteiger partial charge < -0.3 is 11.1 Å². The summed E-state index contributed by atoms with van der Waals surface area (Å²) in [6, 6.07) is 2.91. The van der Waals surface area contributed by atoms with Gasteiger partial charge >= 0.3 is 0 Å². The molecule has 0 fully saturated rings. The first kappa shape index (κ1) is 17.2. The summed E-state index contributed by atoms with van der Waals surface area (Å²) >= 11 is 0. The Bertz CT molecular complexity index is 636. The number of nitro groups is 1. The quantitative estimate of drug-likeness (QED) is 0.495. The maximum Gasteiger partial charge on any atom is 0.293 e. The first-order valence-electron chi connectivity index (χ1n) is 5.67. The van der Waals surface area contributed by atoms with Gasteiger partial charge in [-0.2, -0.15) is 0 Å². The molecule has 0 aliphatic carbocycles. The van der Waals surface area contributed by atoms with Gasteiger partial charge in [0.05, 0.1) is 22.9 Å². The van der Waals surface area contributed by atoms with E-state index in [1.165, 1.54) is 0 Å². The summed E-state index contributed by atoms with van der Waals surface area (Å²) in [7, 11) is -2.72. The van der Waals surface area contributed by atoms with Crippen LogP contribution < -0.4 is 15.8 Å². The molecule has 0 amide bonds. The zero-order chi connectivity index (χ0) is 16.3. The topological polar surface area (TPSA) is 127 Å². The molecular formula is C10H14F2N4O4S. The average Bonchev–Trinajstić information content (AvgIpc) is 2.44. The molecule has 1 aromatic carbocycles. The van der Waals surface area contributed by atoms with Crippen molar-refractivity contribution in [1.82, 2.24) is 4.72 Å². The van der Waals surface area contributed by atoms with E-state index in [2.05, 4.69) is 5.32 Å². The van der Waals surface area contributed by atoms with Crippen molar-refractivity contribution in [3.8, 4) is 0 Å². The fourth-order valence-electron chi connectivity index (χ4n) is 1.39. The summed E-state index contributed by atoms with van der Waals surface area (Å²) in [5.41, 5.74) is 4.01. The summed E-state index contributed by atoms with van der Waals surface area (Å²) in [6.07, 6.45) is 0. The Morgan fingerprint density at radius 3 is 2.52 bits per heavy atom. The maximum atomic E-state index is 13.0. The molecule has 11 heteroatoms. The van der Waals surface area contributed by atoms with Gasteiger partial charge in [0.1, 0.15) is 5.69 Å². The number of hydrogen-bond donors (Lipinski definition) is 3. The van der Waals surface area contributed by atoms with E-state index in [0.29, 0.717) is 0 Å². The SMILES string of the molecule is CNS(=O)(=O)c1ccc(NCC(F)(F)CN)c([N+](=O)[O-])c1. The summed E-state index contributed by atoms with van der Waals surface area (Å²) in [6.45, 7) is -1.82. The molecule has 0 aromatic heterocycles. The predicted octanol–water partition coefficient (Wildman–Crippen LogP) is 0.509. The minimum atomic E-state index is -3.87. The van der Waals surface area contributed by atoms with Crippen molar-refractivity contribution >= 4 is 21.4 Å². The highest BCUT2D eigenvalue weighted by molar-refractivity contribution is 7.89. The van der Waals surface area contributed by atoms with Crippen LogP contribution in [0.1, 0.15) is 0 Å². The van der Waals surface area contributed by atoms with Gasteiger partial charge in [0.2, 0.25) is 10.0 Å². The van der Waals surface area contributed by atoms with E-state index in [1.54, 1.807) is 0 Å². The first-order chi connectivity index (χ1) is 9.63. The summed E-state index contributed by atoms with van der Waals surface area (Å²) in [5.74, 6) is -3.23. The Labute approximate surface area is 119 Å². The van der Waals surface area contributed by atoms with E-state index < -0.39 is 39.6 Å². The minimum Gasteiger partial charge on any atom is -0.373 e. The van der Waals surface area contributed by atoms with Gasteiger partial charge in [-0.3, -0.25) is 10.1 Å². The normalized spacial score (nSPS) is 12.2. The molecule has 1 rings (SSSR count). The Hall–Kier alpha value is -1.85. The van der Waals surface area contributed by atoms with Crippen molar-refractivity contribution in [2.45, 2.75) is 10.8 Å². The molecule has 0 spiro atoms. The van der Waals surface area contributed by atoms with Crippen LogP contribution in [-0.2, 0) is 10.0 Å². The lowest BCUT2D eigenvalue weighted by atomic mass is 10.2. The van der Waals surface area contributed by atoms with Crippen molar-refractivity contribution in [3.05, 3.63) is 28.3 Å². The Balaban J connectivity index is 3.15. The zero-order valence-electron chi connectivity index (χ0n) is 11.0. The van der Waals surface area contributed by atoms with Crippen LogP contribution in [0.25, 0.3) is 0 Å². The molecule has 1 aromatic rings. The predicted molar refractivity (Wildman–Crippen MR) is 71.8 cm³/mol. The maximum absolute atomic E-state index is 13.0. The number of benzene rings is 1. The van der Waals surface area contributed by atoms with E-state index in [0.717, 1.165) is 25.2 Å². The Morgan fingerprint density at radius 1 is 1.43 bits per heavy atom. The van der Waals surface area contributed by atoms with Gasteiger partial charge in [-0.05, 0) is 19.2 Å². The standard InChI is InChI=1S/C10H14F2N4O4S/c1-14-21(19,20)7-2-3-8(9(4-7)16(17)18)15-6-10(11,12)5-13/h2-4,14-15H,5-6,13H2,1H3. The largest absolute Gasteiger partial charge is 0.373 e. The van der Waals surface area contributed by atoms with Gasteiger partial charge in [-0.25, -0.2) is 21.9 Å². The number of nitro benzene ring substituents is 1. The third kappa shape index (κ3) is 4.31. The smallest absolute Gasteiger partial charge is 0.293 e. The lowest BCUT2D eigenvalue weighted by Gasteiger charge is -2.15. The van der Waals surface area contributed by atoms with Gasteiger partial charge in [0.15, 0.2) is 0 Å². The van der Waals surface area contributed by atoms with Crippen LogP contribution >= 0.6 is 0 Å². The zero-order valence-corrected chi connectivity index (χ0v) is 11.8. The monoisotopic (exact) mass is 324 g/mol. The van der Waals surface area contributed by atoms with Crippen molar-refractivity contribution < 1.29 is 22.1 Å². The van der Waals surface area contributed by atoms with Gasteiger partial charge in [0.25, 0.3) is 11.6 Å². The van der Waals surface area contributed by atoms with Crippen molar-refractivity contribution in [2.75, 3.05) is 25.5 Å². The van der Waals surface area contributed by atoms with Crippen LogP contribution in [0, 0.1) is 10.1 Å². The van der Waals surface area contributed by atoms with E-state index in [-0.39, 0.29) is 10.6 Å². The highest BCUT2D eigenvalue weighted by atomic mass is 32.2.